The molecule has 8 nitrogen and oxygen atoms in total. The van der Waals surface area contributed by atoms with Gasteiger partial charge in [0.2, 0.25) is 5.95 Å². The van der Waals surface area contributed by atoms with Gasteiger partial charge in [-0.1, -0.05) is 29.4 Å². The number of anilines is 2. The number of nitrogens with zero attached hydrogens (tertiary/aromatic N) is 6. The molecular formula is C23H23ClN8S. The minimum Gasteiger partial charge on any atom is -0.382 e. The molecule has 6 rings (SSSR count). The molecule has 1 aliphatic carbocycles. The van der Waals surface area contributed by atoms with Gasteiger partial charge in [-0.3, -0.25) is 9.38 Å². The van der Waals surface area contributed by atoms with Crippen LogP contribution in [0.5, 0.6) is 0 Å². The molecule has 10 heteroatoms. The molecule has 0 saturated carbocycles. The van der Waals surface area contributed by atoms with Crippen molar-refractivity contribution in [3.8, 4) is 0 Å². The van der Waals surface area contributed by atoms with Gasteiger partial charge in [0.1, 0.15) is 5.82 Å². The molecule has 1 saturated heterocycles. The molecule has 0 aromatic carbocycles. The number of nitrogens with two attached hydrogens (primary N) is 2. The van der Waals surface area contributed by atoms with Crippen LogP contribution in [0.2, 0.25) is 5.02 Å². The number of pyridine rings is 2. The first-order valence-electron chi connectivity index (χ1n) is 11.3. The summed E-state index contributed by atoms with van der Waals surface area (Å²) in [5, 5.41) is 0.434. The Balaban J connectivity index is 1.25. The summed E-state index contributed by atoms with van der Waals surface area (Å²) in [5.41, 5.74) is 15.5. The number of imidazole rings is 1. The Hall–Kier alpha value is -2.88. The first kappa shape index (κ1) is 19.6. The second-order valence-corrected chi connectivity index (χ2v) is 10.1. The molecule has 4 N–H and O–H groups in total. The zero-order valence-corrected chi connectivity index (χ0v) is 19.4. The fraction of sp³-hybridized carbons (Fsp3) is 0.304. The van der Waals surface area contributed by atoms with Crippen LogP contribution in [0.4, 0.5) is 11.8 Å². The Morgan fingerprint density at radius 3 is 2.82 bits per heavy atom. The summed E-state index contributed by atoms with van der Waals surface area (Å²) < 4.78 is 9.88. The topological polar surface area (TPSA) is 111 Å². The molecule has 1 spiro atoms. The standard InChI is InChI=1S/C23H23ClN8S/c24-18-16(3-7-28-20(18)26)33-17-13-30-22(32-11-8-29-21(17)32)31-9-4-23(5-10-31)12-15-14(19(23)25)2-1-6-27-15/h1-3,6-8,11,13,19H,4-5,9-10,12,25H2,(H2,26,28)/t19-/m1/s1/i6D. The van der Waals surface area contributed by atoms with Crippen molar-refractivity contribution >= 4 is 40.8 Å². The highest BCUT2D eigenvalue weighted by molar-refractivity contribution is 7.99. The van der Waals surface area contributed by atoms with Crippen LogP contribution in [0.25, 0.3) is 5.65 Å². The van der Waals surface area contributed by atoms with E-state index in [2.05, 4.69) is 19.9 Å². The predicted molar refractivity (Wildman–Crippen MR) is 130 cm³/mol. The Kier molecular flexibility index (Phi) is 4.66. The maximum Gasteiger partial charge on any atom is 0.211 e. The van der Waals surface area contributed by atoms with Crippen LogP contribution in [0.3, 0.4) is 0 Å². The molecular weight excluding hydrogens is 456 g/mol. The van der Waals surface area contributed by atoms with Crippen molar-refractivity contribution in [3.05, 3.63) is 65.4 Å². The van der Waals surface area contributed by atoms with Gasteiger partial charge in [-0.2, -0.15) is 0 Å². The molecule has 0 bridgehead atoms. The average Bonchev–Trinajstić information content (AvgIpc) is 3.42. The maximum absolute atomic E-state index is 7.85. The van der Waals surface area contributed by atoms with Crippen LogP contribution in [0, 0.1) is 5.41 Å². The molecule has 2 aliphatic rings. The Morgan fingerprint density at radius 2 is 1.97 bits per heavy atom. The number of hydrogen-bond donors (Lipinski definition) is 2. The lowest BCUT2D eigenvalue weighted by Crippen LogP contribution is -2.45. The zero-order valence-electron chi connectivity index (χ0n) is 18.8. The fourth-order valence-corrected chi connectivity index (χ4v) is 6.20. The van der Waals surface area contributed by atoms with Crippen LogP contribution in [-0.4, -0.2) is 37.4 Å². The van der Waals surface area contributed by atoms with E-state index >= 15 is 0 Å². The number of hydrogen-bond acceptors (Lipinski definition) is 8. The van der Waals surface area contributed by atoms with Crippen molar-refractivity contribution in [1.29, 1.82) is 0 Å². The van der Waals surface area contributed by atoms with E-state index in [4.69, 9.17) is 29.4 Å². The van der Waals surface area contributed by atoms with Gasteiger partial charge in [0, 0.05) is 60.7 Å². The van der Waals surface area contributed by atoms with Gasteiger partial charge in [0.25, 0.3) is 0 Å². The fourth-order valence-electron chi connectivity index (χ4n) is 5.07. The van der Waals surface area contributed by atoms with Crippen molar-refractivity contribution in [3.63, 3.8) is 0 Å². The lowest BCUT2D eigenvalue weighted by Gasteiger charge is -2.42. The highest BCUT2D eigenvalue weighted by Crippen LogP contribution is 2.50. The molecule has 1 fully saturated rings. The summed E-state index contributed by atoms with van der Waals surface area (Å²) in [6, 6.07) is 5.50. The van der Waals surface area contributed by atoms with Crippen molar-refractivity contribution in [2.45, 2.75) is 35.1 Å². The Bertz CT molecular complexity index is 1400. The van der Waals surface area contributed by atoms with Crippen molar-refractivity contribution in [2.24, 2.45) is 11.1 Å². The molecule has 4 aromatic rings. The minimum atomic E-state index is -0.0460. The molecule has 168 valence electrons. The monoisotopic (exact) mass is 479 g/mol. The number of rotatable bonds is 3. The highest BCUT2D eigenvalue weighted by atomic mass is 35.5. The molecule has 0 amide bonds. The Morgan fingerprint density at radius 1 is 1.12 bits per heavy atom. The summed E-state index contributed by atoms with van der Waals surface area (Å²) >= 11 is 7.82. The zero-order chi connectivity index (χ0) is 23.4. The van der Waals surface area contributed by atoms with E-state index in [1.807, 2.05) is 28.9 Å². The third-order valence-corrected chi connectivity index (χ3v) is 8.48. The lowest BCUT2D eigenvalue weighted by molar-refractivity contribution is 0.186. The molecule has 33 heavy (non-hydrogen) atoms. The van der Waals surface area contributed by atoms with Gasteiger partial charge >= 0.3 is 0 Å². The normalized spacial score (nSPS) is 19.8. The van der Waals surface area contributed by atoms with Crippen LogP contribution < -0.4 is 16.4 Å². The van der Waals surface area contributed by atoms with Crippen molar-refractivity contribution < 1.29 is 1.37 Å². The molecule has 0 radical (unpaired) electrons. The van der Waals surface area contributed by atoms with E-state index < -0.39 is 0 Å². The summed E-state index contributed by atoms with van der Waals surface area (Å²) in [6.45, 7) is 1.68. The first-order chi connectivity index (χ1) is 16.4. The van der Waals surface area contributed by atoms with Crippen molar-refractivity contribution in [2.75, 3.05) is 23.7 Å². The maximum atomic E-state index is 7.85. The van der Waals surface area contributed by atoms with Gasteiger partial charge in [-0.15, -0.1) is 0 Å². The van der Waals surface area contributed by atoms with E-state index in [1.54, 1.807) is 18.5 Å². The third kappa shape index (κ3) is 3.34. The number of nitrogen functional groups attached to an aromatic ring is 1. The van der Waals surface area contributed by atoms with Crippen LogP contribution in [0.1, 0.15) is 31.5 Å². The van der Waals surface area contributed by atoms with E-state index in [-0.39, 0.29) is 11.5 Å². The van der Waals surface area contributed by atoms with Gasteiger partial charge in [-0.25, -0.2) is 15.0 Å². The second kappa shape index (κ2) is 7.86. The van der Waals surface area contributed by atoms with Crippen molar-refractivity contribution in [1.82, 2.24) is 24.3 Å². The third-order valence-electron chi connectivity index (χ3n) is 6.90. The highest BCUT2D eigenvalue weighted by Gasteiger charge is 2.46. The molecule has 0 unspecified atom stereocenters. The van der Waals surface area contributed by atoms with Gasteiger partial charge in [0.15, 0.2) is 5.65 Å². The summed E-state index contributed by atoms with van der Waals surface area (Å²) in [7, 11) is 0. The lowest BCUT2D eigenvalue weighted by atomic mass is 9.73. The van der Waals surface area contributed by atoms with Crippen LogP contribution >= 0.6 is 23.4 Å². The SMILES string of the molecule is [2H]c1ccc2c(n1)CC1(CCN(c3ncc(Sc4ccnc(N)c4Cl)c4nccn34)CC1)[C@@H]2N. The van der Waals surface area contributed by atoms with Crippen LogP contribution in [-0.2, 0) is 6.42 Å². The van der Waals surface area contributed by atoms with E-state index in [0.29, 0.717) is 17.0 Å². The van der Waals surface area contributed by atoms with Gasteiger partial charge < -0.3 is 16.4 Å². The van der Waals surface area contributed by atoms with E-state index in [9.17, 15) is 0 Å². The molecule has 5 heterocycles. The largest absolute Gasteiger partial charge is 0.382 e. The van der Waals surface area contributed by atoms with Gasteiger partial charge in [-0.05, 0) is 42.4 Å². The number of halogens is 1. The van der Waals surface area contributed by atoms with Gasteiger partial charge in [0.05, 0.1) is 11.3 Å². The predicted octanol–water partition coefficient (Wildman–Crippen LogP) is 3.75. The summed E-state index contributed by atoms with van der Waals surface area (Å²) in [4.78, 5) is 21.9. The first-order valence-corrected chi connectivity index (χ1v) is 12.0. The minimum absolute atomic E-state index is 0.0124. The second-order valence-electron chi connectivity index (χ2n) is 8.63. The average molecular weight is 480 g/mol. The summed E-state index contributed by atoms with van der Waals surface area (Å²) in [6.07, 6.45) is 10.2. The molecule has 1 aliphatic heterocycles. The van der Waals surface area contributed by atoms with E-state index in [0.717, 1.165) is 65.0 Å². The summed E-state index contributed by atoms with van der Waals surface area (Å²) in [5.74, 6) is 1.17. The molecule has 4 aromatic heterocycles. The van der Waals surface area contributed by atoms with Crippen LogP contribution in [0.15, 0.2) is 59.0 Å². The number of aromatic nitrogens is 5. The van der Waals surface area contributed by atoms with E-state index in [1.165, 1.54) is 11.8 Å². The Labute approximate surface area is 201 Å². The molecule has 1 atom stereocenters. The number of fused-ring (bicyclic) bond motifs is 2. The number of piperidine rings is 1. The smallest absolute Gasteiger partial charge is 0.211 e. The quantitative estimate of drug-likeness (QED) is 0.457.